The summed E-state index contributed by atoms with van der Waals surface area (Å²) in [6.45, 7) is 46.7. The van der Waals surface area contributed by atoms with E-state index in [1.807, 2.05) is 0 Å². The molecule has 4 saturated heterocycles. The molecule has 0 aliphatic carbocycles. The van der Waals surface area contributed by atoms with Crippen LogP contribution in [0.1, 0.15) is 227 Å². The number of piperidine rings is 4. The molecule has 0 saturated carbocycles. The van der Waals surface area contributed by atoms with Gasteiger partial charge in [-0.2, -0.15) is 15.0 Å². The fraction of sp³-hybridized carbons (Fsp3) is 0.943. The van der Waals surface area contributed by atoms with Crippen molar-refractivity contribution < 1.29 is 0 Å². The molecule has 11 heteroatoms. The minimum Gasteiger partial charge on any atom is -0.354 e. The standard InChI is InChI=1S/C53H103N11/c1-19-21-28-63(41-35-50(11,12)60-51(13,14)36-41)44-55-43(56-45(57-44)64(29-22-20-2)42-37-52(15,16)61-53(17,18)38-42)54-27-25-23-24-26-30-62(39-31-46(3,4)58-47(5,6)32-39)40-33-48(7,8)59-49(9,10)34-40/h39-42,58-61H,19-38H2,1-18H3,(H,54,55,56,57). The SMILES string of the molecule is CCCCN(c1nc(NCCCCCCN(C2CC(C)(C)NC(C)(C)C2)C2CC(C)(C)NC(C)(C)C2)nc(N(CCCC)C2CC(C)(C)NC(C)(C)C2)n1)C1CC(C)(C)NC(C)(C)C1. The lowest BCUT2D eigenvalue weighted by Gasteiger charge is -2.55. The lowest BCUT2D eigenvalue weighted by molar-refractivity contribution is -0.00297. The quantitative estimate of drug-likeness (QED) is 0.0808. The lowest BCUT2D eigenvalue weighted by atomic mass is 9.75. The summed E-state index contributed by atoms with van der Waals surface area (Å²) in [5, 5.41) is 19.6. The summed E-state index contributed by atoms with van der Waals surface area (Å²) in [4.78, 5) is 24.3. The molecule has 5 heterocycles. The normalized spacial score (nSPS) is 25.3. The Morgan fingerprint density at radius 3 is 1.05 bits per heavy atom. The first-order valence-corrected chi connectivity index (χ1v) is 26.4. The highest BCUT2D eigenvalue weighted by Crippen LogP contribution is 2.40. The molecule has 0 unspecified atom stereocenters. The number of aromatic nitrogens is 3. The van der Waals surface area contributed by atoms with Gasteiger partial charge < -0.3 is 36.4 Å². The van der Waals surface area contributed by atoms with Crippen LogP contribution in [0.15, 0.2) is 0 Å². The summed E-state index contributed by atoms with van der Waals surface area (Å²) in [5.41, 5.74) is 0.597. The first kappa shape index (κ1) is 53.2. The van der Waals surface area contributed by atoms with Crippen molar-refractivity contribution in [3.8, 4) is 0 Å². The molecule has 0 atom stereocenters. The highest BCUT2D eigenvalue weighted by molar-refractivity contribution is 5.47. The van der Waals surface area contributed by atoms with Crippen LogP contribution in [0.25, 0.3) is 0 Å². The topological polar surface area (TPSA) is 109 Å². The Balaban J connectivity index is 1.35. The van der Waals surface area contributed by atoms with E-state index in [-0.39, 0.29) is 44.3 Å². The van der Waals surface area contributed by atoms with Crippen molar-refractivity contribution in [3.63, 3.8) is 0 Å². The maximum Gasteiger partial charge on any atom is 0.232 e. The van der Waals surface area contributed by atoms with E-state index in [1.54, 1.807) is 0 Å². The molecular weight excluding hydrogens is 791 g/mol. The van der Waals surface area contributed by atoms with Crippen LogP contribution in [0.4, 0.5) is 17.8 Å². The monoisotopic (exact) mass is 894 g/mol. The van der Waals surface area contributed by atoms with E-state index in [0.717, 1.165) is 95.3 Å². The maximum absolute atomic E-state index is 5.52. The van der Waals surface area contributed by atoms with Gasteiger partial charge in [0, 0.05) is 88.1 Å². The van der Waals surface area contributed by atoms with E-state index in [0.29, 0.717) is 24.2 Å². The minimum atomic E-state index is 0.0197. The first-order valence-electron chi connectivity index (χ1n) is 26.4. The molecule has 4 fully saturated rings. The Labute approximate surface area is 394 Å². The first-order chi connectivity index (χ1) is 29.4. The Kier molecular flexibility index (Phi) is 17.0. The predicted molar refractivity (Wildman–Crippen MR) is 275 cm³/mol. The molecule has 0 spiro atoms. The van der Waals surface area contributed by atoms with Crippen LogP contribution in [0.2, 0.25) is 0 Å². The Hall–Kier alpha value is -1.79. The van der Waals surface area contributed by atoms with Crippen LogP contribution in [-0.2, 0) is 0 Å². The number of hydrogen-bond acceptors (Lipinski definition) is 11. The molecule has 0 radical (unpaired) electrons. The average molecular weight is 894 g/mol. The van der Waals surface area contributed by atoms with Gasteiger partial charge in [0.25, 0.3) is 0 Å². The van der Waals surface area contributed by atoms with Gasteiger partial charge in [-0.3, -0.25) is 4.90 Å². The van der Waals surface area contributed by atoms with Gasteiger partial charge in [0.1, 0.15) is 0 Å². The summed E-state index contributed by atoms with van der Waals surface area (Å²) in [6, 6.07) is 1.86. The van der Waals surface area contributed by atoms with Crippen molar-refractivity contribution >= 4 is 17.8 Å². The van der Waals surface area contributed by atoms with Gasteiger partial charge in [-0.05, 0) is 194 Å². The second-order valence-corrected chi connectivity index (χ2v) is 26.8. The Bertz CT molecular complexity index is 1460. The molecule has 0 aromatic carbocycles. The molecule has 64 heavy (non-hydrogen) atoms. The van der Waals surface area contributed by atoms with Gasteiger partial charge in [-0.1, -0.05) is 39.5 Å². The van der Waals surface area contributed by atoms with E-state index in [4.69, 9.17) is 15.0 Å². The number of nitrogens with one attached hydrogen (secondary N) is 5. The third-order valence-electron chi connectivity index (χ3n) is 14.8. The molecule has 5 rings (SSSR count). The van der Waals surface area contributed by atoms with E-state index in [1.165, 1.54) is 51.5 Å². The van der Waals surface area contributed by atoms with Gasteiger partial charge in [-0.15, -0.1) is 0 Å². The molecule has 0 bridgehead atoms. The third-order valence-corrected chi connectivity index (χ3v) is 14.8. The number of hydrogen-bond donors (Lipinski definition) is 5. The van der Waals surface area contributed by atoms with Gasteiger partial charge in [0.15, 0.2) is 0 Å². The van der Waals surface area contributed by atoms with Gasteiger partial charge >= 0.3 is 0 Å². The zero-order chi connectivity index (χ0) is 47.6. The van der Waals surface area contributed by atoms with Crippen molar-refractivity contribution in [1.29, 1.82) is 0 Å². The fourth-order valence-corrected chi connectivity index (χ4v) is 13.9. The maximum atomic E-state index is 5.52. The summed E-state index contributed by atoms with van der Waals surface area (Å²) < 4.78 is 0. The van der Waals surface area contributed by atoms with Crippen molar-refractivity contribution in [2.75, 3.05) is 41.3 Å². The predicted octanol–water partition coefficient (Wildman–Crippen LogP) is 10.6. The van der Waals surface area contributed by atoms with Crippen LogP contribution < -0.4 is 36.4 Å². The summed E-state index contributed by atoms with van der Waals surface area (Å²) in [7, 11) is 0. The second kappa shape index (κ2) is 20.4. The summed E-state index contributed by atoms with van der Waals surface area (Å²) in [5.74, 6) is 2.44. The molecule has 4 aliphatic rings. The molecule has 0 amide bonds. The fourth-order valence-electron chi connectivity index (χ4n) is 13.9. The number of unbranched alkanes of at least 4 members (excludes halogenated alkanes) is 5. The Morgan fingerprint density at radius 2 is 0.719 bits per heavy atom. The number of rotatable bonds is 20. The van der Waals surface area contributed by atoms with Crippen molar-refractivity contribution in [1.82, 2.24) is 41.1 Å². The molecular formula is C53H103N11. The number of anilines is 3. The van der Waals surface area contributed by atoms with Crippen molar-refractivity contribution in [3.05, 3.63) is 0 Å². The van der Waals surface area contributed by atoms with Crippen LogP contribution in [0.3, 0.4) is 0 Å². The van der Waals surface area contributed by atoms with Crippen LogP contribution in [0, 0.1) is 0 Å². The van der Waals surface area contributed by atoms with Crippen LogP contribution in [-0.4, -0.2) is 115 Å². The lowest BCUT2D eigenvalue weighted by Crippen LogP contribution is -2.67. The number of nitrogens with zero attached hydrogens (tertiary/aromatic N) is 6. The minimum absolute atomic E-state index is 0.0197. The van der Waals surface area contributed by atoms with Gasteiger partial charge in [-0.25, -0.2) is 0 Å². The van der Waals surface area contributed by atoms with Crippen LogP contribution >= 0.6 is 0 Å². The highest BCUT2D eigenvalue weighted by atomic mass is 15.4. The molecule has 1 aromatic rings. The van der Waals surface area contributed by atoms with Crippen LogP contribution in [0.5, 0.6) is 0 Å². The van der Waals surface area contributed by atoms with Crippen molar-refractivity contribution in [2.45, 2.75) is 296 Å². The molecule has 1 aromatic heterocycles. The molecule has 370 valence electrons. The van der Waals surface area contributed by atoms with E-state index in [2.05, 4.69) is 166 Å². The van der Waals surface area contributed by atoms with Gasteiger partial charge in [0.2, 0.25) is 17.8 Å². The summed E-state index contributed by atoms with van der Waals surface area (Å²) in [6.07, 6.45) is 18.3. The van der Waals surface area contributed by atoms with E-state index < -0.39 is 0 Å². The second-order valence-electron chi connectivity index (χ2n) is 26.8. The highest BCUT2D eigenvalue weighted by Gasteiger charge is 2.46. The molecule has 5 N–H and O–H groups in total. The van der Waals surface area contributed by atoms with E-state index in [9.17, 15) is 0 Å². The smallest absolute Gasteiger partial charge is 0.232 e. The average Bonchev–Trinajstić information content (AvgIpc) is 3.08. The van der Waals surface area contributed by atoms with Gasteiger partial charge in [0.05, 0.1) is 0 Å². The Morgan fingerprint density at radius 1 is 0.406 bits per heavy atom. The zero-order valence-electron chi connectivity index (χ0n) is 45.1. The largest absolute Gasteiger partial charge is 0.354 e. The van der Waals surface area contributed by atoms with E-state index >= 15 is 0 Å². The third kappa shape index (κ3) is 15.6. The van der Waals surface area contributed by atoms with Crippen molar-refractivity contribution in [2.24, 2.45) is 0 Å². The zero-order valence-corrected chi connectivity index (χ0v) is 45.1. The molecule has 4 aliphatic heterocycles. The molecule has 11 nitrogen and oxygen atoms in total. The summed E-state index contributed by atoms with van der Waals surface area (Å²) >= 11 is 0.